The first-order chi connectivity index (χ1) is 9.90. The molecule has 2 aromatic rings. The number of hydrogen-bond donors (Lipinski definition) is 1. The number of carbonyl (C=O) groups is 2. The van der Waals surface area contributed by atoms with Crippen LogP contribution in [0.15, 0.2) is 42.5 Å². The number of benzene rings is 2. The SMILES string of the molecule is Cc1ccc(C(=O)N(C)c2ccc(C(=O)O)cc2)c(Cl)c1. The van der Waals surface area contributed by atoms with Gasteiger partial charge in [-0.15, -0.1) is 0 Å². The Morgan fingerprint density at radius 1 is 1.10 bits per heavy atom. The molecule has 4 nitrogen and oxygen atoms in total. The largest absolute Gasteiger partial charge is 0.478 e. The Morgan fingerprint density at radius 3 is 2.24 bits per heavy atom. The number of hydrogen-bond acceptors (Lipinski definition) is 2. The number of carboxylic acid groups (broad SMARTS) is 1. The maximum atomic E-state index is 12.4. The molecule has 0 spiro atoms. The number of halogens is 1. The van der Waals surface area contributed by atoms with Crippen molar-refractivity contribution >= 4 is 29.2 Å². The average Bonchev–Trinajstić information content (AvgIpc) is 2.46. The van der Waals surface area contributed by atoms with Crippen LogP contribution in [0, 0.1) is 6.92 Å². The number of nitrogens with zero attached hydrogens (tertiary/aromatic N) is 1. The predicted molar refractivity (Wildman–Crippen MR) is 82.3 cm³/mol. The van der Waals surface area contributed by atoms with Crippen molar-refractivity contribution in [2.24, 2.45) is 0 Å². The van der Waals surface area contributed by atoms with E-state index in [1.165, 1.54) is 17.0 Å². The first-order valence-electron chi connectivity index (χ1n) is 6.27. The van der Waals surface area contributed by atoms with Crippen LogP contribution in [0.1, 0.15) is 26.3 Å². The van der Waals surface area contributed by atoms with E-state index in [0.29, 0.717) is 16.3 Å². The highest BCUT2D eigenvalue weighted by Gasteiger charge is 2.16. The highest BCUT2D eigenvalue weighted by Crippen LogP contribution is 2.22. The van der Waals surface area contributed by atoms with E-state index in [4.69, 9.17) is 16.7 Å². The lowest BCUT2D eigenvalue weighted by atomic mass is 10.1. The maximum absolute atomic E-state index is 12.4. The van der Waals surface area contributed by atoms with E-state index in [-0.39, 0.29) is 11.5 Å². The lowest BCUT2D eigenvalue weighted by Gasteiger charge is -2.18. The van der Waals surface area contributed by atoms with Crippen LogP contribution in [0.2, 0.25) is 5.02 Å². The van der Waals surface area contributed by atoms with Crippen molar-refractivity contribution in [3.8, 4) is 0 Å². The Kier molecular flexibility index (Phi) is 4.29. The topological polar surface area (TPSA) is 57.6 Å². The fraction of sp³-hybridized carbons (Fsp3) is 0.125. The number of anilines is 1. The standard InChI is InChI=1S/C16H14ClNO3/c1-10-3-8-13(14(17)9-10)15(19)18(2)12-6-4-11(5-7-12)16(20)21/h3-9H,1-2H3,(H,20,21). The van der Waals surface area contributed by atoms with Gasteiger partial charge in [-0.25, -0.2) is 4.79 Å². The first kappa shape index (κ1) is 15.1. The van der Waals surface area contributed by atoms with Crippen molar-refractivity contribution in [1.82, 2.24) is 0 Å². The fourth-order valence-electron chi connectivity index (χ4n) is 1.92. The van der Waals surface area contributed by atoms with E-state index < -0.39 is 5.97 Å². The molecule has 0 radical (unpaired) electrons. The van der Waals surface area contributed by atoms with Gasteiger partial charge in [-0.1, -0.05) is 17.7 Å². The molecule has 2 aromatic carbocycles. The molecule has 0 saturated carbocycles. The molecule has 0 bridgehead atoms. The third-order valence-corrected chi connectivity index (χ3v) is 3.47. The van der Waals surface area contributed by atoms with Gasteiger partial charge in [0.1, 0.15) is 0 Å². The van der Waals surface area contributed by atoms with Gasteiger partial charge in [-0.3, -0.25) is 4.79 Å². The van der Waals surface area contributed by atoms with Crippen molar-refractivity contribution in [2.75, 3.05) is 11.9 Å². The van der Waals surface area contributed by atoms with Crippen LogP contribution < -0.4 is 4.90 Å². The van der Waals surface area contributed by atoms with Gasteiger partial charge in [0.25, 0.3) is 5.91 Å². The zero-order chi connectivity index (χ0) is 15.6. The van der Waals surface area contributed by atoms with E-state index in [0.717, 1.165) is 5.56 Å². The van der Waals surface area contributed by atoms with Crippen LogP contribution in [0.4, 0.5) is 5.69 Å². The molecular formula is C16H14ClNO3. The minimum atomic E-state index is -1.00. The molecule has 0 unspecified atom stereocenters. The predicted octanol–water partition coefficient (Wildman–Crippen LogP) is 3.62. The number of amides is 1. The summed E-state index contributed by atoms with van der Waals surface area (Å²) in [6.07, 6.45) is 0. The van der Waals surface area contributed by atoms with Gasteiger partial charge >= 0.3 is 5.97 Å². The van der Waals surface area contributed by atoms with Crippen molar-refractivity contribution < 1.29 is 14.7 Å². The van der Waals surface area contributed by atoms with Crippen molar-refractivity contribution in [2.45, 2.75) is 6.92 Å². The second-order valence-electron chi connectivity index (χ2n) is 4.70. The van der Waals surface area contributed by atoms with Gasteiger partial charge in [-0.2, -0.15) is 0 Å². The number of rotatable bonds is 3. The van der Waals surface area contributed by atoms with Crippen LogP contribution in [-0.2, 0) is 0 Å². The average molecular weight is 304 g/mol. The molecule has 21 heavy (non-hydrogen) atoms. The van der Waals surface area contributed by atoms with Gasteiger partial charge in [0.2, 0.25) is 0 Å². The molecule has 0 aliphatic rings. The van der Waals surface area contributed by atoms with Gasteiger partial charge in [0.05, 0.1) is 16.1 Å². The molecule has 0 fully saturated rings. The fourth-order valence-corrected chi connectivity index (χ4v) is 2.24. The quantitative estimate of drug-likeness (QED) is 0.942. The smallest absolute Gasteiger partial charge is 0.335 e. The van der Waals surface area contributed by atoms with Gasteiger partial charge in [0, 0.05) is 12.7 Å². The van der Waals surface area contributed by atoms with Gasteiger partial charge < -0.3 is 10.0 Å². The summed E-state index contributed by atoms with van der Waals surface area (Å²) in [4.78, 5) is 24.7. The summed E-state index contributed by atoms with van der Waals surface area (Å²) in [5.41, 5.74) is 2.16. The number of carboxylic acids is 1. The second-order valence-corrected chi connectivity index (χ2v) is 5.11. The van der Waals surface area contributed by atoms with E-state index in [2.05, 4.69) is 0 Å². The molecule has 0 aromatic heterocycles. The summed E-state index contributed by atoms with van der Waals surface area (Å²) < 4.78 is 0. The molecule has 0 saturated heterocycles. The Bertz CT molecular complexity index is 695. The van der Waals surface area contributed by atoms with Crippen molar-refractivity contribution in [1.29, 1.82) is 0 Å². The summed E-state index contributed by atoms with van der Waals surface area (Å²) in [6, 6.07) is 11.3. The summed E-state index contributed by atoms with van der Waals surface area (Å²) >= 11 is 6.10. The van der Waals surface area contributed by atoms with E-state index in [9.17, 15) is 9.59 Å². The summed E-state index contributed by atoms with van der Waals surface area (Å²) in [7, 11) is 1.62. The third-order valence-electron chi connectivity index (χ3n) is 3.16. The highest BCUT2D eigenvalue weighted by atomic mass is 35.5. The molecule has 0 atom stereocenters. The Morgan fingerprint density at radius 2 is 1.71 bits per heavy atom. The lowest BCUT2D eigenvalue weighted by molar-refractivity contribution is 0.0696. The van der Waals surface area contributed by atoms with Crippen LogP contribution in [-0.4, -0.2) is 24.0 Å². The molecule has 108 valence electrons. The molecule has 1 N–H and O–H groups in total. The zero-order valence-electron chi connectivity index (χ0n) is 11.6. The monoisotopic (exact) mass is 303 g/mol. The number of carbonyl (C=O) groups excluding carboxylic acids is 1. The molecule has 0 heterocycles. The van der Waals surface area contributed by atoms with E-state index in [1.54, 1.807) is 31.3 Å². The summed E-state index contributed by atoms with van der Waals surface area (Å²) in [5.74, 6) is -1.25. The molecule has 0 aliphatic heterocycles. The number of aromatic carboxylic acids is 1. The van der Waals surface area contributed by atoms with E-state index >= 15 is 0 Å². The Balaban J connectivity index is 2.28. The third kappa shape index (κ3) is 3.23. The Labute approximate surface area is 127 Å². The summed E-state index contributed by atoms with van der Waals surface area (Å²) in [6.45, 7) is 1.90. The summed E-state index contributed by atoms with van der Waals surface area (Å²) in [5, 5.41) is 9.26. The minimum absolute atomic E-state index is 0.174. The molecule has 0 aliphatic carbocycles. The zero-order valence-corrected chi connectivity index (χ0v) is 12.4. The van der Waals surface area contributed by atoms with Gasteiger partial charge in [-0.05, 0) is 48.9 Å². The minimum Gasteiger partial charge on any atom is -0.478 e. The molecule has 5 heteroatoms. The van der Waals surface area contributed by atoms with Crippen LogP contribution in [0.3, 0.4) is 0 Å². The first-order valence-corrected chi connectivity index (χ1v) is 6.65. The van der Waals surface area contributed by atoms with Crippen molar-refractivity contribution in [3.63, 3.8) is 0 Å². The van der Waals surface area contributed by atoms with Crippen molar-refractivity contribution in [3.05, 3.63) is 64.2 Å². The Hall–Kier alpha value is -2.33. The highest BCUT2D eigenvalue weighted by molar-refractivity contribution is 6.34. The van der Waals surface area contributed by atoms with Crippen LogP contribution in [0.25, 0.3) is 0 Å². The molecular weight excluding hydrogens is 290 g/mol. The number of aryl methyl sites for hydroxylation is 1. The second kappa shape index (κ2) is 5.97. The lowest BCUT2D eigenvalue weighted by Crippen LogP contribution is -2.26. The molecule has 1 amide bonds. The van der Waals surface area contributed by atoms with Crippen LogP contribution in [0.5, 0.6) is 0 Å². The van der Waals surface area contributed by atoms with Gasteiger partial charge in [0.15, 0.2) is 0 Å². The molecule has 2 rings (SSSR count). The normalized spacial score (nSPS) is 10.2. The maximum Gasteiger partial charge on any atom is 0.335 e. The van der Waals surface area contributed by atoms with E-state index in [1.807, 2.05) is 13.0 Å². The van der Waals surface area contributed by atoms with Crippen LogP contribution >= 0.6 is 11.6 Å².